The van der Waals surface area contributed by atoms with Gasteiger partial charge >= 0.3 is 0 Å². The predicted octanol–water partition coefficient (Wildman–Crippen LogP) is 2.16. The second-order valence-electron chi connectivity index (χ2n) is 3.25. The van der Waals surface area contributed by atoms with E-state index in [0.717, 1.165) is 16.9 Å². The molecule has 4 nitrogen and oxygen atoms in total. The molecule has 0 radical (unpaired) electrons. The first kappa shape index (κ1) is 9.92. The summed E-state index contributed by atoms with van der Waals surface area (Å²) in [6.07, 6.45) is 0. The molecule has 2 N–H and O–H groups in total. The summed E-state index contributed by atoms with van der Waals surface area (Å²) in [7, 11) is 0. The molecule has 15 heavy (non-hydrogen) atoms. The minimum absolute atomic E-state index is 0.286. The average Bonchev–Trinajstić information content (AvgIpc) is 2.69. The van der Waals surface area contributed by atoms with Gasteiger partial charge in [0.25, 0.3) is 0 Å². The van der Waals surface area contributed by atoms with Gasteiger partial charge in [0.05, 0.1) is 12.2 Å². The lowest BCUT2D eigenvalue weighted by atomic mass is 10.2. The van der Waals surface area contributed by atoms with Crippen molar-refractivity contribution in [3.05, 3.63) is 34.8 Å². The third kappa shape index (κ3) is 2.44. The normalized spacial score (nSPS) is 10.2. The van der Waals surface area contributed by atoms with Gasteiger partial charge in [0.15, 0.2) is 0 Å². The molecular formula is C10H11N3OS. The Morgan fingerprint density at radius 1 is 1.47 bits per heavy atom. The summed E-state index contributed by atoms with van der Waals surface area (Å²) in [6.45, 7) is 2.60. The molecule has 0 spiro atoms. The van der Waals surface area contributed by atoms with E-state index in [0.29, 0.717) is 6.54 Å². The Morgan fingerprint density at radius 2 is 2.33 bits per heavy atom. The number of anilines is 1. The smallest absolute Gasteiger partial charge is 0.115 e. The highest BCUT2D eigenvalue weighted by molar-refractivity contribution is 7.03. The number of aromatic hydroxyl groups is 1. The molecule has 0 unspecified atom stereocenters. The summed E-state index contributed by atoms with van der Waals surface area (Å²) in [5, 5.41) is 18.3. The first-order chi connectivity index (χ1) is 7.25. The number of nitrogens with one attached hydrogen (secondary N) is 1. The van der Waals surface area contributed by atoms with Crippen molar-refractivity contribution in [3.8, 4) is 5.75 Å². The summed E-state index contributed by atoms with van der Waals surface area (Å²) in [5.74, 6) is 0.286. The molecular weight excluding hydrogens is 210 g/mol. The molecule has 2 aromatic rings. The fourth-order valence-electron chi connectivity index (χ4n) is 1.29. The molecule has 0 aliphatic rings. The van der Waals surface area contributed by atoms with Crippen molar-refractivity contribution in [2.45, 2.75) is 13.5 Å². The predicted molar refractivity (Wildman–Crippen MR) is 60.1 cm³/mol. The Balaban J connectivity index is 2.05. The van der Waals surface area contributed by atoms with Gasteiger partial charge < -0.3 is 10.4 Å². The summed E-state index contributed by atoms with van der Waals surface area (Å²) >= 11 is 1.34. The Kier molecular flexibility index (Phi) is 2.82. The molecule has 0 atom stereocenters. The zero-order valence-corrected chi connectivity index (χ0v) is 9.08. The summed E-state index contributed by atoms with van der Waals surface area (Å²) < 4.78 is 3.78. The molecule has 0 aliphatic heterocycles. The van der Waals surface area contributed by atoms with Gasteiger partial charge in [-0.3, -0.25) is 0 Å². The zero-order valence-electron chi connectivity index (χ0n) is 8.27. The second kappa shape index (κ2) is 4.27. The van der Waals surface area contributed by atoms with E-state index in [1.54, 1.807) is 12.1 Å². The number of aryl methyl sites for hydroxylation is 1. The number of phenolic OH excluding ortho intramolecular Hbond substituents is 1. The Morgan fingerprint density at radius 3 is 3.00 bits per heavy atom. The van der Waals surface area contributed by atoms with Crippen LogP contribution in [0, 0.1) is 6.92 Å². The number of aromatic nitrogens is 2. The number of hydrogen-bond acceptors (Lipinski definition) is 5. The van der Waals surface area contributed by atoms with E-state index in [-0.39, 0.29) is 5.75 Å². The fourth-order valence-corrected chi connectivity index (χ4v) is 1.74. The van der Waals surface area contributed by atoms with E-state index in [9.17, 15) is 5.11 Å². The van der Waals surface area contributed by atoms with Gasteiger partial charge in [-0.2, -0.15) is 0 Å². The molecule has 1 heterocycles. The van der Waals surface area contributed by atoms with Crippen molar-refractivity contribution in [3.63, 3.8) is 0 Å². The summed E-state index contributed by atoms with van der Waals surface area (Å²) in [5.41, 5.74) is 2.94. The Hall–Kier alpha value is -1.62. The topological polar surface area (TPSA) is 58.0 Å². The third-order valence-electron chi connectivity index (χ3n) is 2.08. The van der Waals surface area contributed by atoms with Crippen molar-refractivity contribution in [1.29, 1.82) is 0 Å². The molecule has 0 saturated carbocycles. The molecule has 5 heteroatoms. The van der Waals surface area contributed by atoms with Crippen LogP contribution in [0.3, 0.4) is 0 Å². The minimum Gasteiger partial charge on any atom is -0.508 e. The molecule has 0 aliphatic carbocycles. The molecule has 0 fully saturated rings. The van der Waals surface area contributed by atoms with Crippen LogP contribution in [0.25, 0.3) is 0 Å². The van der Waals surface area contributed by atoms with Gasteiger partial charge in [0, 0.05) is 11.1 Å². The number of nitrogens with zero attached hydrogens (tertiary/aromatic N) is 2. The van der Waals surface area contributed by atoms with Gasteiger partial charge in [-0.1, -0.05) is 4.49 Å². The van der Waals surface area contributed by atoms with Gasteiger partial charge in [-0.25, -0.2) is 0 Å². The van der Waals surface area contributed by atoms with Crippen molar-refractivity contribution in [1.82, 2.24) is 9.59 Å². The van der Waals surface area contributed by atoms with Gasteiger partial charge in [0.2, 0.25) is 0 Å². The molecule has 0 saturated heterocycles. The number of benzene rings is 1. The largest absolute Gasteiger partial charge is 0.508 e. The number of hydrogen-bond donors (Lipinski definition) is 2. The van der Waals surface area contributed by atoms with Crippen molar-refractivity contribution < 1.29 is 5.11 Å². The van der Waals surface area contributed by atoms with Crippen molar-refractivity contribution in [2.24, 2.45) is 0 Å². The highest BCUT2D eigenvalue weighted by atomic mass is 32.1. The second-order valence-corrected chi connectivity index (χ2v) is 3.86. The molecule has 78 valence electrons. The zero-order chi connectivity index (χ0) is 10.7. The number of rotatable bonds is 3. The maximum Gasteiger partial charge on any atom is 0.115 e. The van der Waals surface area contributed by atoms with Crippen LogP contribution < -0.4 is 5.32 Å². The van der Waals surface area contributed by atoms with E-state index in [1.165, 1.54) is 11.5 Å². The molecule has 0 amide bonds. The van der Waals surface area contributed by atoms with E-state index in [2.05, 4.69) is 14.9 Å². The van der Waals surface area contributed by atoms with Crippen LogP contribution >= 0.6 is 11.5 Å². The monoisotopic (exact) mass is 221 g/mol. The Bertz CT molecular complexity index is 442. The van der Waals surface area contributed by atoms with Crippen LogP contribution in [-0.2, 0) is 6.54 Å². The van der Waals surface area contributed by atoms with E-state index < -0.39 is 0 Å². The maximum atomic E-state index is 9.24. The average molecular weight is 221 g/mol. The molecule has 2 rings (SSSR count). The highest BCUT2D eigenvalue weighted by Crippen LogP contribution is 2.20. The lowest BCUT2D eigenvalue weighted by Crippen LogP contribution is -2.01. The van der Waals surface area contributed by atoms with Crippen molar-refractivity contribution in [2.75, 3.05) is 5.32 Å². The number of phenols is 1. The highest BCUT2D eigenvalue weighted by Gasteiger charge is 2.00. The summed E-state index contributed by atoms with van der Waals surface area (Å²) in [6, 6.07) is 5.24. The Labute approximate surface area is 91.8 Å². The van der Waals surface area contributed by atoms with Crippen LogP contribution in [-0.4, -0.2) is 14.7 Å². The van der Waals surface area contributed by atoms with Gasteiger partial charge in [-0.05, 0) is 42.2 Å². The van der Waals surface area contributed by atoms with Crippen LogP contribution in [0.1, 0.15) is 11.3 Å². The van der Waals surface area contributed by atoms with Crippen LogP contribution in [0.5, 0.6) is 5.75 Å². The van der Waals surface area contributed by atoms with Crippen LogP contribution in [0.4, 0.5) is 5.69 Å². The first-order valence-corrected chi connectivity index (χ1v) is 5.39. The first-order valence-electron chi connectivity index (χ1n) is 4.55. The van der Waals surface area contributed by atoms with Crippen molar-refractivity contribution >= 4 is 17.2 Å². The lowest BCUT2D eigenvalue weighted by Gasteiger charge is -2.07. The van der Waals surface area contributed by atoms with Gasteiger partial charge in [-0.15, -0.1) is 5.10 Å². The molecule has 1 aromatic carbocycles. The van der Waals surface area contributed by atoms with E-state index in [1.807, 2.05) is 18.4 Å². The van der Waals surface area contributed by atoms with Crippen LogP contribution in [0.2, 0.25) is 0 Å². The fraction of sp³-hybridized carbons (Fsp3) is 0.200. The van der Waals surface area contributed by atoms with E-state index >= 15 is 0 Å². The lowest BCUT2D eigenvalue weighted by molar-refractivity contribution is 0.475. The SMILES string of the molecule is Cc1cc(O)ccc1NCc1csnn1. The molecule has 0 bridgehead atoms. The quantitative estimate of drug-likeness (QED) is 0.780. The standard InChI is InChI=1S/C10H11N3OS/c1-7-4-9(14)2-3-10(7)11-5-8-6-15-13-12-8/h2-4,6,11,14H,5H2,1H3. The van der Waals surface area contributed by atoms with E-state index in [4.69, 9.17) is 0 Å². The third-order valence-corrected chi connectivity index (χ3v) is 2.63. The molecule has 1 aromatic heterocycles. The maximum absolute atomic E-state index is 9.24. The van der Waals surface area contributed by atoms with Gasteiger partial charge in [0.1, 0.15) is 5.75 Å². The minimum atomic E-state index is 0.286. The summed E-state index contributed by atoms with van der Waals surface area (Å²) in [4.78, 5) is 0. The van der Waals surface area contributed by atoms with Crippen LogP contribution in [0.15, 0.2) is 23.6 Å².